The summed E-state index contributed by atoms with van der Waals surface area (Å²) >= 11 is 0. The van der Waals surface area contributed by atoms with Crippen LogP contribution in [0.4, 0.5) is 0 Å². The van der Waals surface area contributed by atoms with Gasteiger partial charge in [-0.2, -0.15) is 0 Å². The fourth-order valence-electron chi connectivity index (χ4n) is 2.99. The van der Waals surface area contributed by atoms with Gasteiger partial charge in [0.15, 0.2) is 0 Å². The van der Waals surface area contributed by atoms with Crippen LogP contribution in [-0.4, -0.2) is 31.1 Å². The zero-order valence-electron chi connectivity index (χ0n) is 16.1. The first kappa shape index (κ1) is 19.3. The van der Waals surface area contributed by atoms with E-state index in [9.17, 15) is 0 Å². The first-order valence-corrected chi connectivity index (χ1v) is 9.40. The molecule has 0 saturated carbocycles. The standard InChI is InChI=1S/C23H31NO/c1-5-19(4)23(20-11-9-8-10-12-20)21-13-15-22(16-14-21)25-18-17-24(6-2)7-3/h8-16H,5-7,17-18H2,1-4H3. The second-order valence-electron chi connectivity index (χ2n) is 6.27. The molecule has 2 aromatic rings. The normalized spacial score (nSPS) is 12.2. The molecule has 134 valence electrons. The van der Waals surface area contributed by atoms with Gasteiger partial charge in [0.25, 0.3) is 0 Å². The minimum Gasteiger partial charge on any atom is -0.492 e. The summed E-state index contributed by atoms with van der Waals surface area (Å²) in [6, 6.07) is 19.2. The Kier molecular flexibility index (Phi) is 7.75. The van der Waals surface area contributed by atoms with E-state index in [1.165, 1.54) is 22.3 Å². The van der Waals surface area contributed by atoms with Gasteiger partial charge in [0.05, 0.1) is 0 Å². The van der Waals surface area contributed by atoms with Crippen molar-refractivity contribution in [3.05, 3.63) is 71.3 Å². The number of allylic oxidation sites excluding steroid dienone is 1. The van der Waals surface area contributed by atoms with Crippen LogP contribution in [0.5, 0.6) is 5.75 Å². The van der Waals surface area contributed by atoms with Gasteiger partial charge in [0.2, 0.25) is 0 Å². The Balaban J connectivity index is 2.12. The molecule has 0 atom stereocenters. The van der Waals surface area contributed by atoms with Crippen molar-refractivity contribution in [2.24, 2.45) is 0 Å². The van der Waals surface area contributed by atoms with Crippen molar-refractivity contribution < 1.29 is 4.74 Å². The first-order chi connectivity index (χ1) is 12.2. The molecule has 0 N–H and O–H groups in total. The van der Waals surface area contributed by atoms with Crippen LogP contribution >= 0.6 is 0 Å². The third kappa shape index (κ3) is 5.47. The summed E-state index contributed by atoms with van der Waals surface area (Å²) in [6.45, 7) is 12.6. The van der Waals surface area contributed by atoms with E-state index in [-0.39, 0.29) is 0 Å². The minimum absolute atomic E-state index is 0.733. The van der Waals surface area contributed by atoms with Gasteiger partial charge in [-0.25, -0.2) is 0 Å². The van der Waals surface area contributed by atoms with E-state index in [0.29, 0.717) is 0 Å². The van der Waals surface area contributed by atoms with Crippen LogP contribution in [0.25, 0.3) is 5.57 Å². The van der Waals surface area contributed by atoms with Crippen molar-refractivity contribution in [3.8, 4) is 5.75 Å². The molecule has 2 heteroatoms. The molecule has 0 heterocycles. The summed E-state index contributed by atoms with van der Waals surface area (Å²) in [5.41, 5.74) is 5.26. The van der Waals surface area contributed by atoms with Gasteiger partial charge in [-0.15, -0.1) is 0 Å². The molecule has 0 bridgehead atoms. The molecule has 2 nitrogen and oxygen atoms in total. The molecule has 0 saturated heterocycles. The highest BCUT2D eigenvalue weighted by Gasteiger charge is 2.08. The lowest BCUT2D eigenvalue weighted by molar-refractivity contribution is 0.223. The highest BCUT2D eigenvalue weighted by atomic mass is 16.5. The predicted octanol–water partition coefficient (Wildman–Crippen LogP) is 5.64. The maximum absolute atomic E-state index is 5.91. The molecule has 0 spiro atoms. The molecule has 0 aliphatic carbocycles. The van der Waals surface area contributed by atoms with Gasteiger partial charge < -0.3 is 9.64 Å². The maximum atomic E-state index is 5.91. The summed E-state index contributed by atoms with van der Waals surface area (Å²) in [6.07, 6.45) is 1.05. The molecule has 2 aromatic carbocycles. The van der Waals surface area contributed by atoms with Crippen molar-refractivity contribution >= 4 is 5.57 Å². The third-order valence-corrected chi connectivity index (χ3v) is 4.73. The van der Waals surface area contributed by atoms with E-state index in [0.717, 1.165) is 38.4 Å². The molecule has 0 fully saturated rings. The van der Waals surface area contributed by atoms with Crippen molar-refractivity contribution in [1.82, 2.24) is 4.90 Å². The van der Waals surface area contributed by atoms with E-state index < -0.39 is 0 Å². The maximum Gasteiger partial charge on any atom is 0.119 e. The number of rotatable bonds is 9. The van der Waals surface area contributed by atoms with E-state index in [4.69, 9.17) is 4.74 Å². The lowest BCUT2D eigenvalue weighted by Crippen LogP contribution is -2.27. The summed E-state index contributed by atoms with van der Waals surface area (Å²) in [5, 5.41) is 0. The smallest absolute Gasteiger partial charge is 0.119 e. The number of ether oxygens (including phenoxy) is 1. The summed E-state index contributed by atoms with van der Waals surface area (Å²) in [5.74, 6) is 0.942. The second-order valence-corrected chi connectivity index (χ2v) is 6.27. The zero-order chi connectivity index (χ0) is 18.1. The SMILES string of the molecule is CCC(C)=C(c1ccccc1)c1ccc(OCCN(CC)CC)cc1. The van der Waals surface area contributed by atoms with Crippen molar-refractivity contribution in [2.45, 2.75) is 34.1 Å². The van der Waals surface area contributed by atoms with Gasteiger partial charge in [-0.05, 0) is 55.3 Å². The zero-order valence-corrected chi connectivity index (χ0v) is 16.1. The monoisotopic (exact) mass is 337 g/mol. The Hall–Kier alpha value is -2.06. The molecular weight excluding hydrogens is 306 g/mol. The molecule has 2 rings (SSSR count). The minimum atomic E-state index is 0.733. The predicted molar refractivity (Wildman–Crippen MR) is 108 cm³/mol. The molecular formula is C23H31NO. The molecule has 0 aromatic heterocycles. The number of nitrogens with zero attached hydrogens (tertiary/aromatic N) is 1. The van der Waals surface area contributed by atoms with Crippen molar-refractivity contribution in [1.29, 1.82) is 0 Å². The number of hydrogen-bond donors (Lipinski definition) is 0. The highest BCUT2D eigenvalue weighted by Crippen LogP contribution is 2.29. The van der Waals surface area contributed by atoms with E-state index >= 15 is 0 Å². The van der Waals surface area contributed by atoms with Gasteiger partial charge >= 0.3 is 0 Å². The van der Waals surface area contributed by atoms with Crippen molar-refractivity contribution in [2.75, 3.05) is 26.2 Å². The third-order valence-electron chi connectivity index (χ3n) is 4.73. The van der Waals surface area contributed by atoms with Crippen LogP contribution in [0.1, 0.15) is 45.2 Å². The molecule has 0 aliphatic heterocycles. The summed E-state index contributed by atoms with van der Waals surface area (Å²) in [7, 11) is 0. The van der Waals surface area contributed by atoms with E-state index in [1.54, 1.807) is 0 Å². The molecule has 0 amide bonds. The average molecular weight is 338 g/mol. The topological polar surface area (TPSA) is 12.5 Å². The van der Waals surface area contributed by atoms with Crippen LogP contribution in [-0.2, 0) is 0 Å². The van der Waals surface area contributed by atoms with E-state index in [1.807, 2.05) is 0 Å². The van der Waals surface area contributed by atoms with Crippen LogP contribution in [0, 0.1) is 0 Å². The molecule has 0 aliphatic rings. The van der Waals surface area contributed by atoms with Gasteiger partial charge in [0.1, 0.15) is 12.4 Å². The van der Waals surface area contributed by atoms with Crippen LogP contribution < -0.4 is 4.74 Å². The highest BCUT2D eigenvalue weighted by molar-refractivity contribution is 5.82. The molecule has 25 heavy (non-hydrogen) atoms. The number of likely N-dealkylation sites (N-methyl/N-ethyl adjacent to an activating group) is 1. The Labute approximate surface area is 153 Å². The van der Waals surface area contributed by atoms with Gasteiger partial charge in [0, 0.05) is 6.54 Å². The quantitative estimate of drug-likeness (QED) is 0.587. The average Bonchev–Trinajstić information content (AvgIpc) is 2.67. The number of benzene rings is 2. The van der Waals surface area contributed by atoms with E-state index in [2.05, 4.69) is 87.2 Å². The van der Waals surface area contributed by atoms with Gasteiger partial charge in [-0.1, -0.05) is 68.8 Å². The Morgan fingerprint density at radius 2 is 1.44 bits per heavy atom. The lowest BCUT2D eigenvalue weighted by atomic mass is 9.92. The Morgan fingerprint density at radius 1 is 0.840 bits per heavy atom. The van der Waals surface area contributed by atoms with Crippen LogP contribution in [0.15, 0.2) is 60.2 Å². The van der Waals surface area contributed by atoms with Crippen LogP contribution in [0.3, 0.4) is 0 Å². The fraction of sp³-hybridized carbons (Fsp3) is 0.391. The Morgan fingerprint density at radius 3 is 2.00 bits per heavy atom. The molecule has 0 unspecified atom stereocenters. The lowest BCUT2D eigenvalue weighted by Gasteiger charge is -2.18. The van der Waals surface area contributed by atoms with Crippen molar-refractivity contribution in [3.63, 3.8) is 0 Å². The van der Waals surface area contributed by atoms with Gasteiger partial charge in [-0.3, -0.25) is 0 Å². The first-order valence-electron chi connectivity index (χ1n) is 9.40. The summed E-state index contributed by atoms with van der Waals surface area (Å²) in [4.78, 5) is 2.37. The molecule has 0 radical (unpaired) electrons. The fourth-order valence-corrected chi connectivity index (χ4v) is 2.99. The largest absolute Gasteiger partial charge is 0.492 e. The van der Waals surface area contributed by atoms with Crippen LogP contribution in [0.2, 0.25) is 0 Å². The summed E-state index contributed by atoms with van der Waals surface area (Å²) < 4.78 is 5.91. The number of hydrogen-bond acceptors (Lipinski definition) is 2. The Bertz CT molecular complexity index is 654. The second kappa shape index (κ2) is 10.0.